The standard InChI is InChI=1S/C15H18N2OS/c1-9-5-6-13(10(2)7-9)17(4)15(18)14-8-12(16)11(3)19-14/h5-8H,16H2,1-4H3. The number of hydrogen-bond donors (Lipinski definition) is 1. The summed E-state index contributed by atoms with van der Waals surface area (Å²) in [6.07, 6.45) is 0. The number of nitrogens with zero attached hydrogens (tertiary/aromatic N) is 1. The summed E-state index contributed by atoms with van der Waals surface area (Å²) in [6, 6.07) is 7.82. The molecule has 2 aromatic rings. The van der Waals surface area contributed by atoms with Crippen LogP contribution in [0.4, 0.5) is 11.4 Å². The highest BCUT2D eigenvalue weighted by atomic mass is 32.1. The van der Waals surface area contributed by atoms with Gasteiger partial charge in [0.15, 0.2) is 0 Å². The van der Waals surface area contributed by atoms with E-state index in [1.165, 1.54) is 16.9 Å². The van der Waals surface area contributed by atoms with Gasteiger partial charge in [-0.3, -0.25) is 4.79 Å². The van der Waals surface area contributed by atoms with E-state index in [4.69, 9.17) is 5.73 Å². The van der Waals surface area contributed by atoms with Crippen molar-refractivity contribution in [2.45, 2.75) is 20.8 Å². The van der Waals surface area contributed by atoms with Crippen molar-refractivity contribution < 1.29 is 4.79 Å². The predicted octanol–water partition coefficient (Wildman–Crippen LogP) is 3.53. The lowest BCUT2D eigenvalue weighted by Crippen LogP contribution is -2.26. The highest BCUT2D eigenvalue weighted by Gasteiger charge is 2.18. The van der Waals surface area contributed by atoms with Gasteiger partial charge in [-0.15, -0.1) is 11.3 Å². The highest BCUT2D eigenvalue weighted by molar-refractivity contribution is 7.14. The first-order valence-corrected chi connectivity index (χ1v) is 6.93. The first-order chi connectivity index (χ1) is 8.90. The van der Waals surface area contributed by atoms with Crippen LogP contribution in [0, 0.1) is 20.8 Å². The Morgan fingerprint density at radius 2 is 1.89 bits per heavy atom. The van der Waals surface area contributed by atoms with E-state index in [1.54, 1.807) is 18.0 Å². The first-order valence-electron chi connectivity index (χ1n) is 6.11. The van der Waals surface area contributed by atoms with Crippen molar-refractivity contribution in [3.05, 3.63) is 45.1 Å². The number of hydrogen-bond acceptors (Lipinski definition) is 3. The average molecular weight is 274 g/mol. The molecule has 1 heterocycles. The van der Waals surface area contributed by atoms with Gasteiger partial charge in [-0.2, -0.15) is 0 Å². The molecule has 1 amide bonds. The molecule has 0 aliphatic rings. The molecule has 100 valence electrons. The summed E-state index contributed by atoms with van der Waals surface area (Å²) in [5, 5.41) is 0. The molecule has 0 atom stereocenters. The number of rotatable bonds is 2. The number of nitrogen functional groups attached to an aromatic ring is 1. The van der Waals surface area contributed by atoms with E-state index in [-0.39, 0.29) is 5.91 Å². The van der Waals surface area contributed by atoms with Gasteiger partial charge in [0, 0.05) is 23.3 Å². The molecule has 0 saturated heterocycles. The SMILES string of the molecule is Cc1ccc(N(C)C(=O)c2cc(N)c(C)s2)c(C)c1. The second-order valence-corrected chi connectivity index (χ2v) is 6.03. The quantitative estimate of drug-likeness (QED) is 0.910. The molecule has 19 heavy (non-hydrogen) atoms. The van der Waals surface area contributed by atoms with Crippen molar-refractivity contribution in [3.8, 4) is 0 Å². The van der Waals surface area contributed by atoms with Crippen LogP contribution in [0.25, 0.3) is 0 Å². The molecular formula is C15H18N2OS. The average Bonchev–Trinajstić information content (AvgIpc) is 2.68. The zero-order valence-electron chi connectivity index (χ0n) is 11.7. The maximum Gasteiger partial charge on any atom is 0.268 e. The van der Waals surface area contributed by atoms with Crippen molar-refractivity contribution in [3.63, 3.8) is 0 Å². The van der Waals surface area contributed by atoms with E-state index in [1.807, 2.05) is 32.9 Å². The van der Waals surface area contributed by atoms with E-state index in [9.17, 15) is 4.79 Å². The summed E-state index contributed by atoms with van der Waals surface area (Å²) in [5.74, 6) is -0.0169. The number of thiophene rings is 1. The number of nitrogens with two attached hydrogens (primary N) is 1. The van der Waals surface area contributed by atoms with E-state index >= 15 is 0 Å². The maximum absolute atomic E-state index is 12.4. The van der Waals surface area contributed by atoms with E-state index < -0.39 is 0 Å². The number of anilines is 2. The fraction of sp³-hybridized carbons (Fsp3) is 0.267. The molecule has 2 N–H and O–H groups in total. The Balaban J connectivity index is 2.33. The van der Waals surface area contributed by atoms with Gasteiger partial charge in [-0.1, -0.05) is 17.7 Å². The van der Waals surface area contributed by atoms with Crippen molar-refractivity contribution in [2.75, 3.05) is 17.7 Å². The van der Waals surface area contributed by atoms with Crippen LogP contribution in [0.5, 0.6) is 0 Å². The predicted molar refractivity (Wildman–Crippen MR) is 82.1 cm³/mol. The van der Waals surface area contributed by atoms with Gasteiger partial charge < -0.3 is 10.6 Å². The molecule has 0 spiro atoms. The Kier molecular flexibility index (Phi) is 3.62. The summed E-state index contributed by atoms with van der Waals surface area (Å²) < 4.78 is 0. The Hall–Kier alpha value is -1.81. The second kappa shape index (κ2) is 5.05. The first kappa shape index (κ1) is 13.6. The highest BCUT2D eigenvalue weighted by Crippen LogP contribution is 2.27. The van der Waals surface area contributed by atoms with Crippen LogP contribution in [-0.2, 0) is 0 Å². The van der Waals surface area contributed by atoms with Gasteiger partial charge in [0.1, 0.15) is 0 Å². The molecule has 0 aliphatic carbocycles. The van der Waals surface area contributed by atoms with Crippen molar-refractivity contribution in [2.24, 2.45) is 0 Å². The molecule has 1 aromatic carbocycles. The van der Waals surface area contributed by atoms with Gasteiger partial charge in [0.05, 0.1) is 4.88 Å². The van der Waals surface area contributed by atoms with Crippen LogP contribution in [0.15, 0.2) is 24.3 Å². The van der Waals surface area contributed by atoms with Crippen LogP contribution in [0.2, 0.25) is 0 Å². The summed E-state index contributed by atoms with van der Waals surface area (Å²) >= 11 is 1.44. The zero-order valence-corrected chi connectivity index (χ0v) is 12.5. The minimum atomic E-state index is -0.0169. The summed E-state index contributed by atoms with van der Waals surface area (Å²) in [6.45, 7) is 5.98. The summed E-state index contributed by atoms with van der Waals surface area (Å²) in [4.78, 5) is 15.8. The van der Waals surface area contributed by atoms with Gasteiger partial charge in [0.25, 0.3) is 5.91 Å². The van der Waals surface area contributed by atoms with Gasteiger partial charge in [-0.25, -0.2) is 0 Å². The Morgan fingerprint density at radius 1 is 1.21 bits per heavy atom. The van der Waals surface area contributed by atoms with Crippen LogP contribution >= 0.6 is 11.3 Å². The molecule has 0 radical (unpaired) electrons. The number of aryl methyl sites for hydroxylation is 3. The maximum atomic E-state index is 12.4. The normalized spacial score (nSPS) is 10.5. The third-order valence-electron chi connectivity index (χ3n) is 3.19. The Bertz CT molecular complexity index is 612. The molecule has 0 fully saturated rings. The molecule has 0 aliphatic heterocycles. The lowest BCUT2D eigenvalue weighted by atomic mass is 10.1. The Morgan fingerprint density at radius 3 is 2.42 bits per heavy atom. The molecule has 1 aromatic heterocycles. The van der Waals surface area contributed by atoms with Gasteiger partial charge in [0.2, 0.25) is 0 Å². The second-order valence-electron chi connectivity index (χ2n) is 4.78. The van der Waals surface area contributed by atoms with E-state index in [2.05, 4.69) is 6.07 Å². The van der Waals surface area contributed by atoms with E-state index in [0.29, 0.717) is 10.6 Å². The number of carbonyl (C=O) groups excluding carboxylic acids is 1. The molecule has 0 bridgehead atoms. The number of amides is 1. The molecule has 2 rings (SSSR count). The smallest absolute Gasteiger partial charge is 0.268 e. The molecule has 0 saturated carbocycles. The molecular weight excluding hydrogens is 256 g/mol. The topological polar surface area (TPSA) is 46.3 Å². The van der Waals surface area contributed by atoms with Crippen LogP contribution in [-0.4, -0.2) is 13.0 Å². The molecule has 0 unspecified atom stereocenters. The Labute approximate surface area is 117 Å². The molecule has 3 nitrogen and oxygen atoms in total. The fourth-order valence-corrected chi connectivity index (χ4v) is 2.97. The van der Waals surface area contributed by atoms with Crippen molar-refractivity contribution >= 4 is 28.6 Å². The van der Waals surface area contributed by atoms with Crippen LogP contribution < -0.4 is 10.6 Å². The minimum Gasteiger partial charge on any atom is -0.398 e. The van der Waals surface area contributed by atoms with Crippen LogP contribution in [0.1, 0.15) is 25.7 Å². The summed E-state index contributed by atoms with van der Waals surface area (Å²) in [7, 11) is 1.80. The summed E-state index contributed by atoms with van der Waals surface area (Å²) in [5.41, 5.74) is 9.71. The van der Waals surface area contributed by atoms with Gasteiger partial charge >= 0.3 is 0 Å². The van der Waals surface area contributed by atoms with Crippen molar-refractivity contribution in [1.82, 2.24) is 0 Å². The lowest BCUT2D eigenvalue weighted by molar-refractivity contribution is 0.0996. The third kappa shape index (κ3) is 2.63. The largest absolute Gasteiger partial charge is 0.398 e. The number of benzene rings is 1. The molecule has 4 heteroatoms. The fourth-order valence-electron chi connectivity index (χ4n) is 2.06. The van der Waals surface area contributed by atoms with Crippen molar-refractivity contribution in [1.29, 1.82) is 0 Å². The monoisotopic (exact) mass is 274 g/mol. The van der Waals surface area contributed by atoms with Gasteiger partial charge in [-0.05, 0) is 38.5 Å². The third-order valence-corrected chi connectivity index (χ3v) is 4.24. The van der Waals surface area contributed by atoms with E-state index in [0.717, 1.165) is 16.1 Å². The number of carbonyl (C=O) groups is 1. The zero-order chi connectivity index (χ0) is 14.2. The minimum absolute atomic E-state index is 0.0169. The van der Waals surface area contributed by atoms with Crippen LogP contribution in [0.3, 0.4) is 0 Å². The lowest BCUT2D eigenvalue weighted by Gasteiger charge is -2.19.